The Labute approximate surface area is 173 Å². The molecule has 1 aliphatic rings. The van der Waals surface area contributed by atoms with Crippen molar-refractivity contribution >= 4 is 47.2 Å². The second-order valence-corrected chi connectivity index (χ2v) is 7.49. The number of halogens is 2. The summed E-state index contributed by atoms with van der Waals surface area (Å²) in [6.07, 6.45) is 1.41. The maximum atomic E-state index is 12.7. The van der Waals surface area contributed by atoms with E-state index in [1.54, 1.807) is 39.4 Å². The molecule has 0 unspecified atom stereocenters. The summed E-state index contributed by atoms with van der Waals surface area (Å²) in [6.45, 7) is 2.74. The van der Waals surface area contributed by atoms with E-state index >= 15 is 0 Å². The number of hydrogen-bond donors (Lipinski definition) is 1. The first kappa shape index (κ1) is 21.6. The number of carbonyl (C=O) groups is 2. The minimum Gasteiger partial charge on any atom is -0.337 e. The van der Waals surface area contributed by atoms with Crippen LogP contribution in [0.5, 0.6) is 0 Å². The van der Waals surface area contributed by atoms with E-state index in [-0.39, 0.29) is 24.2 Å². The lowest BCUT2D eigenvalue weighted by Gasteiger charge is -2.22. The average molecular weight is 429 g/mol. The van der Waals surface area contributed by atoms with Crippen LogP contribution in [0.3, 0.4) is 0 Å². The molecule has 0 atom stereocenters. The summed E-state index contributed by atoms with van der Waals surface area (Å²) in [4.78, 5) is 33.3. The van der Waals surface area contributed by atoms with E-state index in [0.29, 0.717) is 55.4 Å². The van der Waals surface area contributed by atoms with Crippen LogP contribution in [0.4, 0.5) is 0 Å². The van der Waals surface area contributed by atoms with Gasteiger partial charge in [-0.05, 0) is 31.2 Å². The Kier molecular flexibility index (Phi) is 8.04. The molecule has 2 aromatic rings. The van der Waals surface area contributed by atoms with Crippen LogP contribution >= 0.6 is 35.3 Å². The summed E-state index contributed by atoms with van der Waals surface area (Å²) in [5.74, 6) is -0.137. The molecule has 27 heavy (non-hydrogen) atoms. The molecule has 0 radical (unpaired) electrons. The summed E-state index contributed by atoms with van der Waals surface area (Å²) in [5.41, 5.74) is 6.57. The van der Waals surface area contributed by atoms with E-state index in [1.165, 1.54) is 11.3 Å². The van der Waals surface area contributed by atoms with Crippen LogP contribution in [0.1, 0.15) is 32.3 Å². The van der Waals surface area contributed by atoms with Gasteiger partial charge in [0.25, 0.3) is 11.8 Å². The molecule has 1 saturated heterocycles. The van der Waals surface area contributed by atoms with Crippen LogP contribution in [0.2, 0.25) is 5.02 Å². The van der Waals surface area contributed by atoms with Gasteiger partial charge in [-0.15, -0.1) is 23.7 Å². The molecule has 146 valence electrons. The molecule has 1 aliphatic heterocycles. The van der Waals surface area contributed by atoms with E-state index in [2.05, 4.69) is 4.98 Å². The average Bonchev–Trinajstić information content (AvgIpc) is 2.96. The van der Waals surface area contributed by atoms with Crippen molar-refractivity contribution in [3.63, 3.8) is 0 Å². The van der Waals surface area contributed by atoms with Gasteiger partial charge in [-0.1, -0.05) is 17.7 Å². The van der Waals surface area contributed by atoms with Crippen molar-refractivity contribution in [2.45, 2.75) is 12.8 Å². The Balaban J connectivity index is 0.00000261. The van der Waals surface area contributed by atoms with Crippen LogP contribution in [0.25, 0.3) is 0 Å². The molecule has 1 aromatic heterocycles. The molecule has 0 spiro atoms. The van der Waals surface area contributed by atoms with Crippen molar-refractivity contribution in [2.75, 3.05) is 32.7 Å². The Morgan fingerprint density at radius 1 is 1.15 bits per heavy atom. The summed E-state index contributed by atoms with van der Waals surface area (Å²) < 4.78 is 0. The molecular weight excluding hydrogens is 407 g/mol. The Hall–Kier alpha value is -1.67. The molecule has 9 heteroatoms. The fourth-order valence-electron chi connectivity index (χ4n) is 2.94. The molecule has 2 N–H and O–H groups in total. The molecule has 0 bridgehead atoms. The molecular formula is C18H22Cl2N4O2S. The molecule has 0 saturated carbocycles. The van der Waals surface area contributed by atoms with Gasteiger partial charge in [0.2, 0.25) is 0 Å². The van der Waals surface area contributed by atoms with Crippen molar-refractivity contribution in [1.29, 1.82) is 0 Å². The van der Waals surface area contributed by atoms with Gasteiger partial charge in [0.1, 0.15) is 5.69 Å². The third-order valence-corrected chi connectivity index (χ3v) is 5.41. The first-order valence-electron chi connectivity index (χ1n) is 8.57. The molecule has 3 rings (SSSR count). The van der Waals surface area contributed by atoms with Crippen LogP contribution in [0, 0.1) is 0 Å². The predicted molar refractivity (Wildman–Crippen MR) is 110 cm³/mol. The standard InChI is InChI=1S/C18H21ClN4O2S.ClH/c19-14-4-1-3-13(11-14)17(24)22-7-2-8-23(10-9-22)18(25)15-12-26-16(21-15)5-6-20;/h1,3-4,11-12H,2,5-10,20H2;1H. The van der Waals surface area contributed by atoms with Crippen molar-refractivity contribution in [3.8, 4) is 0 Å². The zero-order chi connectivity index (χ0) is 18.5. The number of hydrogen-bond acceptors (Lipinski definition) is 5. The highest BCUT2D eigenvalue weighted by molar-refractivity contribution is 7.09. The monoisotopic (exact) mass is 428 g/mol. The fourth-order valence-corrected chi connectivity index (χ4v) is 3.92. The number of nitrogens with two attached hydrogens (primary N) is 1. The normalized spacial score (nSPS) is 14.4. The number of carbonyl (C=O) groups excluding carboxylic acids is 2. The Morgan fingerprint density at radius 3 is 2.52 bits per heavy atom. The van der Waals surface area contributed by atoms with Crippen LogP contribution in [-0.2, 0) is 6.42 Å². The van der Waals surface area contributed by atoms with Crippen molar-refractivity contribution in [2.24, 2.45) is 5.73 Å². The lowest BCUT2D eigenvalue weighted by Crippen LogP contribution is -2.37. The third-order valence-electron chi connectivity index (χ3n) is 4.27. The van der Waals surface area contributed by atoms with E-state index in [4.69, 9.17) is 17.3 Å². The number of nitrogens with zero attached hydrogens (tertiary/aromatic N) is 3. The zero-order valence-electron chi connectivity index (χ0n) is 14.8. The molecule has 0 aliphatic carbocycles. The van der Waals surface area contributed by atoms with E-state index < -0.39 is 0 Å². The molecule has 6 nitrogen and oxygen atoms in total. The smallest absolute Gasteiger partial charge is 0.273 e. The van der Waals surface area contributed by atoms with E-state index in [0.717, 1.165) is 11.4 Å². The van der Waals surface area contributed by atoms with E-state index in [9.17, 15) is 9.59 Å². The van der Waals surface area contributed by atoms with Crippen LogP contribution < -0.4 is 5.73 Å². The summed E-state index contributed by atoms with van der Waals surface area (Å²) >= 11 is 7.44. The number of benzene rings is 1. The second-order valence-electron chi connectivity index (χ2n) is 6.11. The number of rotatable bonds is 4. The summed E-state index contributed by atoms with van der Waals surface area (Å²) in [5, 5.41) is 3.20. The zero-order valence-corrected chi connectivity index (χ0v) is 17.2. The topological polar surface area (TPSA) is 79.5 Å². The van der Waals surface area contributed by atoms with Gasteiger partial charge in [-0.2, -0.15) is 0 Å². The first-order chi connectivity index (χ1) is 12.6. The Morgan fingerprint density at radius 2 is 1.85 bits per heavy atom. The van der Waals surface area contributed by atoms with E-state index in [1.807, 2.05) is 0 Å². The van der Waals surface area contributed by atoms with Gasteiger partial charge >= 0.3 is 0 Å². The quantitative estimate of drug-likeness (QED) is 0.811. The highest BCUT2D eigenvalue weighted by atomic mass is 35.5. The number of aromatic nitrogens is 1. The number of thiazole rings is 1. The summed E-state index contributed by atoms with van der Waals surface area (Å²) in [7, 11) is 0. The third kappa shape index (κ3) is 5.42. The molecule has 1 fully saturated rings. The van der Waals surface area contributed by atoms with Gasteiger partial charge in [-0.25, -0.2) is 4.98 Å². The maximum Gasteiger partial charge on any atom is 0.273 e. The molecule has 2 heterocycles. The minimum absolute atomic E-state index is 0. The highest BCUT2D eigenvalue weighted by Crippen LogP contribution is 2.16. The van der Waals surface area contributed by atoms with Gasteiger partial charge in [0, 0.05) is 48.6 Å². The predicted octanol–water partition coefficient (Wildman–Crippen LogP) is 2.71. The lowest BCUT2D eigenvalue weighted by molar-refractivity contribution is 0.0716. The number of amides is 2. The molecule has 1 aromatic carbocycles. The minimum atomic E-state index is -0.0819. The van der Waals surface area contributed by atoms with Gasteiger partial charge < -0.3 is 15.5 Å². The van der Waals surface area contributed by atoms with Crippen molar-refractivity contribution in [1.82, 2.24) is 14.8 Å². The van der Waals surface area contributed by atoms with Gasteiger partial charge in [0.15, 0.2) is 0 Å². The highest BCUT2D eigenvalue weighted by Gasteiger charge is 2.24. The fraction of sp³-hybridized carbons (Fsp3) is 0.389. The lowest BCUT2D eigenvalue weighted by atomic mass is 10.2. The largest absolute Gasteiger partial charge is 0.337 e. The molecule has 2 amide bonds. The summed E-state index contributed by atoms with van der Waals surface area (Å²) in [6, 6.07) is 6.94. The van der Waals surface area contributed by atoms with Crippen molar-refractivity contribution < 1.29 is 9.59 Å². The van der Waals surface area contributed by atoms with Gasteiger partial charge in [0.05, 0.1) is 5.01 Å². The Bertz CT molecular complexity index is 799. The van der Waals surface area contributed by atoms with Crippen LogP contribution in [0.15, 0.2) is 29.6 Å². The van der Waals surface area contributed by atoms with Crippen LogP contribution in [-0.4, -0.2) is 59.3 Å². The maximum absolute atomic E-state index is 12.7. The van der Waals surface area contributed by atoms with Crippen molar-refractivity contribution in [3.05, 3.63) is 50.9 Å². The second kappa shape index (κ2) is 10.0. The first-order valence-corrected chi connectivity index (χ1v) is 9.83. The SMILES string of the molecule is Cl.NCCc1nc(C(=O)N2CCCN(C(=O)c3cccc(Cl)c3)CC2)cs1. The van der Waals surface area contributed by atoms with Gasteiger partial charge in [-0.3, -0.25) is 9.59 Å².